The van der Waals surface area contributed by atoms with Gasteiger partial charge in [0.1, 0.15) is 6.04 Å². The average Bonchev–Trinajstić information content (AvgIpc) is 2.50. The molecule has 0 aliphatic carbocycles. The summed E-state index contributed by atoms with van der Waals surface area (Å²) in [5, 5.41) is 6.39. The number of hydrogen-bond donors (Lipinski definition) is 2. The number of rotatable bonds is 8. The second-order valence-electron chi connectivity index (χ2n) is 5.47. The number of carbonyl (C=O) groups excluding carboxylic acids is 1. The van der Waals surface area contributed by atoms with Gasteiger partial charge in [0.2, 0.25) is 0 Å². The number of esters is 1. The molecule has 0 aromatic heterocycles. The van der Waals surface area contributed by atoms with Crippen LogP contribution in [0.15, 0.2) is 30.3 Å². The van der Waals surface area contributed by atoms with Gasteiger partial charge in [-0.05, 0) is 26.3 Å². The Hall–Kier alpha value is -1.37. The monoisotopic (exact) mass is 291 g/mol. The Morgan fingerprint density at radius 3 is 2.38 bits per heavy atom. The van der Waals surface area contributed by atoms with Gasteiger partial charge in [-0.3, -0.25) is 10.1 Å². The maximum atomic E-state index is 12.1. The molecule has 6 heteroatoms. The largest absolute Gasteiger partial charge is 0.468 e. The predicted molar refractivity (Wildman–Crippen MR) is 83.8 cm³/mol. The minimum atomic E-state index is -0.563. The average molecular weight is 291 g/mol. The summed E-state index contributed by atoms with van der Waals surface area (Å²) in [6.45, 7) is 5.84. The first-order valence-corrected chi connectivity index (χ1v) is 6.93. The topological polar surface area (TPSA) is 59.6 Å². The molecule has 1 radical (unpaired) electrons. The molecule has 2 atom stereocenters. The SMILES string of the molecule is CO[B]NC(C)(C)[C@H](N[C@@H](C)c1ccccc1)C(=O)OC. The molecule has 0 unspecified atom stereocenters. The molecule has 0 saturated carbocycles. The number of nitrogens with one attached hydrogen (secondary N) is 2. The number of hydrogen-bond acceptors (Lipinski definition) is 5. The highest BCUT2D eigenvalue weighted by Crippen LogP contribution is 2.17. The van der Waals surface area contributed by atoms with Gasteiger partial charge in [0.25, 0.3) is 0 Å². The Kier molecular flexibility index (Phi) is 6.88. The summed E-state index contributed by atoms with van der Waals surface area (Å²) in [6.07, 6.45) is 0. The Bertz CT molecular complexity index is 440. The van der Waals surface area contributed by atoms with E-state index in [0.717, 1.165) is 5.56 Å². The second-order valence-corrected chi connectivity index (χ2v) is 5.47. The van der Waals surface area contributed by atoms with E-state index in [2.05, 4.69) is 10.5 Å². The van der Waals surface area contributed by atoms with Crippen LogP contribution >= 0.6 is 0 Å². The van der Waals surface area contributed by atoms with Crippen LogP contribution in [-0.2, 0) is 14.2 Å². The molecule has 2 N–H and O–H groups in total. The molecule has 0 aliphatic rings. The van der Waals surface area contributed by atoms with E-state index in [9.17, 15) is 4.79 Å². The molecule has 5 nitrogen and oxygen atoms in total. The number of methoxy groups -OCH3 is 1. The third kappa shape index (κ3) is 5.15. The van der Waals surface area contributed by atoms with Crippen molar-refractivity contribution in [2.24, 2.45) is 0 Å². The van der Waals surface area contributed by atoms with E-state index in [1.165, 1.54) is 14.7 Å². The zero-order valence-corrected chi connectivity index (χ0v) is 13.3. The van der Waals surface area contributed by atoms with Gasteiger partial charge in [-0.25, -0.2) is 0 Å². The van der Waals surface area contributed by atoms with Gasteiger partial charge >= 0.3 is 13.6 Å². The quantitative estimate of drug-likeness (QED) is 0.560. The highest BCUT2D eigenvalue weighted by molar-refractivity contribution is 6.23. The predicted octanol–water partition coefficient (Wildman–Crippen LogP) is 1.43. The van der Waals surface area contributed by atoms with E-state index in [4.69, 9.17) is 9.39 Å². The first kappa shape index (κ1) is 17.7. The van der Waals surface area contributed by atoms with Crippen molar-refractivity contribution < 1.29 is 14.2 Å². The summed E-state index contributed by atoms with van der Waals surface area (Å²) < 4.78 is 9.83. The van der Waals surface area contributed by atoms with Crippen LogP contribution in [0.2, 0.25) is 0 Å². The molecule has 1 rings (SSSR count). The molecule has 21 heavy (non-hydrogen) atoms. The maximum Gasteiger partial charge on any atom is 0.396 e. The molecule has 1 aromatic carbocycles. The van der Waals surface area contributed by atoms with E-state index in [1.807, 2.05) is 51.1 Å². The first-order valence-electron chi connectivity index (χ1n) is 6.93. The third-order valence-corrected chi connectivity index (χ3v) is 3.42. The number of benzene rings is 1. The lowest BCUT2D eigenvalue weighted by Crippen LogP contribution is -2.61. The highest BCUT2D eigenvalue weighted by atomic mass is 16.5. The fourth-order valence-electron chi connectivity index (χ4n) is 2.07. The maximum absolute atomic E-state index is 12.1. The van der Waals surface area contributed by atoms with Crippen molar-refractivity contribution in [1.82, 2.24) is 10.5 Å². The molecule has 115 valence electrons. The Labute approximate surface area is 127 Å². The van der Waals surface area contributed by atoms with Gasteiger partial charge in [-0.2, -0.15) is 0 Å². The molecule has 0 amide bonds. The molecule has 0 heterocycles. The smallest absolute Gasteiger partial charge is 0.396 e. The van der Waals surface area contributed by atoms with Crippen molar-refractivity contribution in [1.29, 1.82) is 0 Å². The molecule has 0 spiro atoms. The summed E-state index contributed by atoms with van der Waals surface area (Å²) in [5.74, 6) is -0.320. The lowest BCUT2D eigenvalue weighted by atomic mass is 9.90. The minimum Gasteiger partial charge on any atom is -0.468 e. The van der Waals surface area contributed by atoms with Crippen molar-refractivity contribution >= 4 is 13.6 Å². The molecule has 0 saturated heterocycles. The van der Waals surface area contributed by atoms with Crippen LogP contribution in [0.3, 0.4) is 0 Å². The van der Waals surface area contributed by atoms with Crippen LogP contribution in [0.25, 0.3) is 0 Å². The van der Waals surface area contributed by atoms with Gasteiger partial charge in [0.15, 0.2) is 0 Å². The highest BCUT2D eigenvalue weighted by Gasteiger charge is 2.36. The third-order valence-electron chi connectivity index (χ3n) is 3.42. The van der Waals surface area contributed by atoms with Crippen LogP contribution in [0, 0.1) is 0 Å². The van der Waals surface area contributed by atoms with Crippen molar-refractivity contribution in [2.45, 2.75) is 38.4 Å². The van der Waals surface area contributed by atoms with Crippen LogP contribution in [0.4, 0.5) is 0 Å². The fourth-order valence-corrected chi connectivity index (χ4v) is 2.07. The zero-order valence-electron chi connectivity index (χ0n) is 13.3. The normalized spacial score (nSPS) is 14.3. The second kappa shape index (κ2) is 8.17. The number of carbonyl (C=O) groups is 1. The van der Waals surface area contributed by atoms with Gasteiger partial charge in [0.05, 0.1) is 7.11 Å². The van der Waals surface area contributed by atoms with Crippen LogP contribution in [0.1, 0.15) is 32.4 Å². The molecule has 0 bridgehead atoms. The summed E-state index contributed by atoms with van der Waals surface area (Å²) >= 11 is 0. The van der Waals surface area contributed by atoms with Gasteiger partial charge in [-0.15, -0.1) is 0 Å². The van der Waals surface area contributed by atoms with Crippen molar-refractivity contribution in [2.75, 3.05) is 14.2 Å². The first-order chi connectivity index (χ1) is 9.92. The summed E-state index contributed by atoms with van der Waals surface area (Å²) in [6, 6.07) is 9.45. The molecular weight excluding hydrogens is 267 g/mol. The number of ether oxygens (including phenoxy) is 1. The van der Waals surface area contributed by atoms with Crippen molar-refractivity contribution in [3.05, 3.63) is 35.9 Å². The molecule has 0 aliphatic heterocycles. The van der Waals surface area contributed by atoms with E-state index < -0.39 is 11.6 Å². The minimum absolute atomic E-state index is 0.0129. The molecule has 1 aromatic rings. The van der Waals surface area contributed by atoms with E-state index in [-0.39, 0.29) is 12.0 Å². The lowest BCUT2D eigenvalue weighted by Gasteiger charge is -2.35. The van der Waals surface area contributed by atoms with Crippen LogP contribution in [0.5, 0.6) is 0 Å². The van der Waals surface area contributed by atoms with Crippen molar-refractivity contribution in [3.63, 3.8) is 0 Å². The lowest BCUT2D eigenvalue weighted by molar-refractivity contribution is -0.145. The fraction of sp³-hybridized carbons (Fsp3) is 0.533. The van der Waals surface area contributed by atoms with E-state index in [1.54, 1.807) is 7.11 Å². The Balaban J connectivity index is 2.86. The summed E-state index contributed by atoms with van der Waals surface area (Å²) in [7, 11) is 4.40. The van der Waals surface area contributed by atoms with Crippen LogP contribution in [-0.4, -0.2) is 39.4 Å². The van der Waals surface area contributed by atoms with E-state index in [0.29, 0.717) is 0 Å². The zero-order chi connectivity index (χ0) is 15.9. The van der Waals surface area contributed by atoms with Crippen molar-refractivity contribution in [3.8, 4) is 0 Å². The van der Waals surface area contributed by atoms with Gasteiger partial charge in [0, 0.05) is 18.7 Å². The Morgan fingerprint density at radius 2 is 1.86 bits per heavy atom. The van der Waals surface area contributed by atoms with Crippen LogP contribution < -0.4 is 10.5 Å². The Morgan fingerprint density at radius 1 is 1.24 bits per heavy atom. The van der Waals surface area contributed by atoms with Gasteiger partial charge in [-0.1, -0.05) is 30.3 Å². The molecular formula is C15H24BN2O3. The standard InChI is InChI=1S/C15H24BN2O3/c1-11(12-9-7-6-8-10-12)17-13(14(19)20-4)15(2,3)18-16-21-5/h6-11,13,17-18H,1-5H3/t11-,13+/m0/s1. The van der Waals surface area contributed by atoms with Gasteiger partial charge < -0.3 is 14.6 Å². The summed E-state index contributed by atoms with van der Waals surface area (Å²) in [5.41, 5.74) is 0.546. The van der Waals surface area contributed by atoms with E-state index >= 15 is 0 Å². The summed E-state index contributed by atoms with van der Waals surface area (Å²) in [4.78, 5) is 12.1. The molecule has 0 fully saturated rings.